The fraction of sp³-hybridized carbons (Fsp3) is 0.412. The summed E-state index contributed by atoms with van der Waals surface area (Å²) in [5.74, 6) is 1.03. The van der Waals surface area contributed by atoms with Crippen LogP contribution < -0.4 is 10.2 Å². The highest BCUT2D eigenvalue weighted by Gasteiger charge is 2.13. The number of anilines is 2. The second-order valence-corrected chi connectivity index (χ2v) is 5.57. The summed E-state index contributed by atoms with van der Waals surface area (Å²) in [6, 6.07) is 13.1. The molecule has 3 heteroatoms. The van der Waals surface area contributed by atoms with Crippen LogP contribution in [0.4, 0.5) is 11.4 Å². The number of nitrogens with zero attached hydrogens (tertiary/aromatic N) is 1. The lowest BCUT2D eigenvalue weighted by molar-refractivity contribution is 0.498. The van der Waals surface area contributed by atoms with Crippen molar-refractivity contribution < 1.29 is 4.42 Å². The molecule has 0 spiro atoms. The number of furan rings is 1. The van der Waals surface area contributed by atoms with Gasteiger partial charge in [-0.15, -0.1) is 0 Å². The van der Waals surface area contributed by atoms with Gasteiger partial charge in [-0.3, -0.25) is 0 Å². The Hall–Kier alpha value is -1.90. The maximum atomic E-state index is 5.40. The predicted octanol–water partition coefficient (Wildman–Crippen LogP) is 3.92. The molecule has 1 aliphatic heterocycles. The van der Waals surface area contributed by atoms with Crippen molar-refractivity contribution >= 4 is 11.4 Å². The largest absolute Gasteiger partial charge is 0.469 e. The molecule has 0 radical (unpaired) electrons. The molecule has 0 bridgehead atoms. The molecule has 1 fully saturated rings. The lowest BCUT2D eigenvalue weighted by Crippen LogP contribution is -2.20. The normalized spacial score (nSPS) is 16.4. The van der Waals surface area contributed by atoms with Gasteiger partial charge in [0.25, 0.3) is 0 Å². The molecule has 2 heterocycles. The van der Waals surface area contributed by atoms with Gasteiger partial charge in [-0.1, -0.05) is 6.07 Å². The van der Waals surface area contributed by atoms with Gasteiger partial charge in [-0.25, -0.2) is 0 Å². The van der Waals surface area contributed by atoms with Gasteiger partial charge < -0.3 is 14.6 Å². The van der Waals surface area contributed by atoms with Crippen LogP contribution in [-0.2, 0) is 6.42 Å². The van der Waals surface area contributed by atoms with Crippen molar-refractivity contribution in [2.45, 2.75) is 32.2 Å². The first-order valence-corrected chi connectivity index (χ1v) is 7.45. The van der Waals surface area contributed by atoms with Gasteiger partial charge in [-0.05, 0) is 50.1 Å². The fourth-order valence-corrected chi connectivity index (χ4v) is 2.83. The number of rotatable bonds is 5. The van der Waals surface area contributed by atoms with Gasteiger partial charge in [0.05, 0.1) is 6.26 Å². The molecule has 0 amide bonds. The summed E-state index contributed by atoms with van der Waals surface area (Å²) in [6.45, 7) is 4.56. The number of nitrogens with one attached hydrogen (secondary N) is 1. The van der Waals surface area contributed by atoms with Crippen LogP contribution in [0.2, 0.25) is 0 Å². The number of benzene rings is 1. The summed E-state index contributed by atoms with van der Waals surface area (Å²) in [7, 11) is 0. The van der Waals surface area contributed by atoms with Crippen molar-refractivity contribution in [3.63, 3.8) is 0 Å². The van der Waals surface area contributed by atoms with E-state index in [9.17, 15) is 0 Å². The highest BCUT2D eigenvalue weighted by molar-refractivity contribution is 5.58. The minimum Gasteiger partial charge on any atom is -0.469 e. The molecule has 1 N–H and O–H groups in total. The van der Waals surface area contributed by atoms with Gasteiger partial charge in [0, 0.05) is 36.9 Å². The average molecular weight is 270 g/mol. The van der Waals surface area contributed by atoms with E-state index in [-0.39, 0.29) is 0 Å². The van der Waals surface area contributed by atoms with Crippen molar-refractivity contribution in [1.29, 1.82) is 0 Å². The molecule has 1 unspecified atom stereocenters. The summed E-state index contributed by atoms with van der Waals surface area (Å²) in [5, 5.41) is 3.56. The van der Waals surface area contributed by atoms with Gasteiger partial charge >= 0.3 is 0 Å². The Labute approximate surface area is 120 Å². The Bertz CT molecular complexity index is 530. The van der Waals surface area contributed by atoms with Crippen LogP contribution in [0.5, 0.6) is 0 Å². The summed E-state index contributed by atoms with van der Waals surface area (Å²) in [4.78, 5) is 2.46. The van der Waals surface area contributed by atoms with E-state index in [2.05, 4.69) is 41.4 Å². The molecule has 1 aliphatic rings. The first kappa shape index (κ1) is 13.1. The third-order valence-electron chi connectivity index (χ3n) is 3.82. The van der Waals surface area contributed by atoms with Crippen LogP contribution in [0.25, 0.3) is 0 Å². The smallest absolute Gasteiger partial charge is 0.105 e. The van der Waals surface area contributed by atoms with E-state index in [1.807, 2.05) is 12.1 Å². The van der Waals surface area contributed by atoms with Crippen LogP contribution in [-0.4, -0.2) is 19.1 Å². The standard InChI is InChI=1S/C17H22N2O/c1-14(12-17-8-5-11-20-17)18-15-6-4-7-16(13-15)19-9-2-3-10-19/h4-8,11,13-14,18H,2-3,9-10,12H2,1H3. The van der Waals surface area contributed by atoms with Gasteiger partial charge in [0.1, 0.15) is 5.76 Å². The molecule has 0 saturated carbocycles. The average Bonchev–Trinajstić information content (AvgIpc) is 3.11. The second kappa shape index (κ2) is 6.04. The van der Waals surface area contributed by atoms with E-state index < -0.39 is 0 Å². The zero-order valence-electron chi connectivity index (χ0n) is 12.0. The van der Waals surface area contributed by atoms with E-state index >= 15 is 0 Å². The van der Waals surface area contributed by atoms with Crippen molar-refractivity contribution in [1.82, 2.24) is 0 Å². The maximum Gasteiger partial charge on any atom is 0.105 e. The van der Waals surface area contributed by atoms with Crippen LogP contribution in [0.3, 0.4) is 0 Å². The minimum absolute atomic E-state index is 0.356. The van der Waals surface area contributed by atoms with E-state index in [0.29, 0.717) is 6.04 Å². The van der Waals surface area contributed by atoms with Gasteiger partial charge in [0.15, 0.2) is 0 Å². The Morgan fingerprint density at radius 2 is 2.05 bits per heavy atom. The molecule has 1 aromatic carbocycles. The van der Waals surface area contributed by atoms with Crippen molar-refractivity contribution in [3.8, 4) is 0 Å². The molecular weight excluding hydrogens is 248 g/mol. The van der Waals surface area contributed by atoms with Gasteiger partial charge in [0.2, 0.25) is 0 Å². The first-order valence-electron chi connectivity index (χ1n) is 7.45. The minimum atomic E-state index is 0.356. The molecule has 2 aromatic rings. The summed E-state index contributed by atoms with van der Waals surface area (Å²) < 4.78 is 5.40. The zero-order chi connectivity index (χ0) is 13.8. The lowest BCUT2D eigenvalue weighted by Gasteiger charge is -2.20. The quantitative estimate of drug-likeness (QED) is 0.892. The fourth-order valence-electron chi connectivity index (χ4n) is 2.83. The highest BCUT2D eigenvalue weighted by atomic mass is 16.3. The van der Waals surface area contributed by atoms with E-state index in [1.54, 1.807) is 6.26 Å². The summed E-state index contributed by atoms with van der Waals surface area (Å²) in [5.41, 5.74) is 2.52. The van der Waals surface area contributed by atoms with Crippen molar-refractivity contribution in [2.24, 2.45) is 0 Å². The molecule has 1 saturated heterocycles. The molecule has 1 atom stereocenters. The third kappa shape index (κ3) is 3.16. The molecule has 3 rings (SSSR count). The Kier molecular flexibility index (Phi) is 3.95. The molecule has 1 aromatic heterocycles. The Morgan fingerprint density at radius 1 is 1.20 bits per heavy atom. The molecule has 0 aliphatic carbocycles. The van der Waals surface area contributed by atoms with Crippen LogP contribution in [0, 0.1) is 0 Å². The van der Waals surface area contributed by atoms with Crippen LogP contribution in [0.15, 0.2) is 47.1 Å². The molecular formula is C17H22N2O. The Balaban J connectivity index is 1.63. The number of hydrogen-bond acceptors (Lipinski definition) is 3. The Morgan fingerprint density at radius 3 is 2.80 bits per heavy atom. The third-order valence-corrected chi connectivity index (χ3v) is 3.82. The van der Waals surface area contributed by atoms with Crippen molar-refractivity contribution in [2.75, 3.05) is 23.3 Å². The van der Waals surface area contributed by atoms with Crippen LogP contribution >= 0.6 is 0 Å². The summed E-state index contributed by atoms with van der Waals surface area (Å²) in [6.07, 6.45) is 5.26. The van der Waals surface area contributed by atoms with E-state index in [0.717, 1.165) is 12.2 Å². The second-order valence-electron chi connectivity index (χ2n) is 5.57. The molecule has 20 heavy (non-hydrogen) atoms. The topological polar surface area (TPSA) is 28.4 Å². The molecule has 106 valence electrons. The first-order chi connectivity index (χ1) is 9.81. The predicted molar refractivity (Wildman–Crippen MR) is 83.4 cm³/mol. The van der Waals surface area contributed by atoms with Crippen molar-refractivity contribution in [3.05, 3.63) is 48.4 Å². The molecule has 3 nitrogen and oxygen atoms in total. The summed E-state index contributed by atoms with van der Waals surface area (Å²) >= 11 is 0. The SMILES string of the molecule is CC(Cc1ccco1)Nc1cccc(N2CCCC2)c1. The highest BCUT2D eigenvalue weighted by Crippen LogP contribution is 2.24. The van der Waals surface area contributed by atoms with Gasteiger partial charge in [-0.2, -0.15) is 0 Å². The zero-order valence-corrected chi connectivity index (χ0v) is 12.0. The van der Waals surface area contributed by atoms with E-state index in [4.69, 9.17) is 4.42 Å². The number of hydrogen-bond donors (Lipinski definition) is 1. The monoisotopic (exact) mass is 270 g/mol. The van der Waals surface area contributed by atoms with E-state index in [1.165, 1.54) is 37.3 Å². The van der Waals surface area contributed by atoms with Crippen LogP contribution in [0.1, 0.15) is 25.5 Å². The lowest BCUT2D eigenvalue weighted by atomic mass is 10.1. The maximum absolute atomic E-state index is 5.40.